The summed E-state index contributed by atoms with van der Waals surface area (Å²) in [6.45, 7) is 4.16. The van der Waals surface area contributed by atoms with E-state index in [0.29, 0.717) is 0 Å². The lowest BCUT2D eigenvalue weighted by molar-refractivity contribution is 0.162. The Morgan fingerprint density at radius 1 is 1.50 bits per heavy atom. The topological polar surface area (TPSA) is 47.0 Å². The van der Waals surface area contributed by atoms with Crippen LogP contribution in [0.25, 0.3) is 10.2 Å². The number of aromatic nitrogens is 2. The smallest absolute Gasteiger partial charge is 0.225 e. The largest absolute Gasteiger partial charge is 0.472 e. The zero-order valence-corrected chi connectivity index (χ0v) is 11.3. The highest BCUT2D eigenvalue weighted by molar-refractivity contribution is 7.18. The minimum atomic E-state index is 0.238. The average Bonchev–Trinajstić information content (AvgIpc) is 2.84. The molecule has 1 aliphatic heterocycles. The maximum Gasteiger partial charge on any atom is 0.225 e. The molecule has 0 spiro atoms. The summed E-state index contributed by atoms with van der Waals surface area (Å²) in [5.74, 6) is 0.740. The number of rotatable bonds is 3. The number of nitrogens with zero attached hydrogens (tertiary/aromatic N) is 2. The van der Waals surface area contributed by atoms with E-state index in [0.717, 1.165) is 42.0 Å². The minimum absolute atomic E-state index is 0.238. The third-order valence-corrected chi connectivity index (χ3v) is 4.41. The van der Waals surface area contributed by atoms with Crippen molar-refractivity contribution in [3.63, 3.8) is 0 Å². The molecular formula is C13H17N3OS. The molecule has 96 valence electrons. The molecule has 3 heterocycles. The molecule has 0 aliphatic carbocycles. The fraction of sp³-hybridized carbons (Fsp3) is 0.538. The number of thiophene rings is 1. The highest BCUT2D eigenvalue weighted by Crippen LogP contribution is 2.30. The van der Waals surface area contributed by atoms with Crippen molar-refractivity contribution in [1.82, 2.24) is 15.3 Å². The minimum Gasteiger partial charge on any atom is -0.472 e. The molecule has 2 aromatic heterocycles. The van der Waals surface area contributed by atoms with Crippen molar-refractivity contribution in [2.24, 2.45) is 0 Å². The third kappa shape index (κ3) is 2.33. The van der Waals surface area contributed by atoms with Gasteiger partial charge in [-0.15, -0.1) is 11.3 Å². The van der Waals surface area contributed by atoms with Crippen LogP contribution in [0.4, 0.5) is 0 Å². The average molecular weight is 263 g/mol. The summed E-state index contributed by atoms with van der Waals surface area (Å²) >= 11 is 1.73. The third-order valence-electron chi connectivity index (χ3n) is 3.22. The molecule has 0 saturated carbocycles. The van der Waals surface area contributed by atoms with Gasteiger partial charge in [0.15, 0.2) is 0 Å². The summed E-state index contributed by atoms with van der Waals surface area (Å²) < 4.78 is 6.02. The first-order valence-corrected chi connectivity index (χ1v) is 7.29. The summed E-state index contributed by atoms with van der Waals surface area (Å²) in [4.78, 5) is 11.0. The number of ether oxygens (including phenoxy) is 1. The lowest BCUT2D eigenvalue weighted by Gasteiger charge is -2.23. The Bertz CT molecular complexity index is 534. The van der Waals surface area contributed by atoms with E-state index >= 15 is 0 Å². The molecule has 4 nitrogen and oxygen atoms in total. The Labute approximate surface area is 110 Å². The molecule has 2 aromatic rings. The van der Waals surface area contributed by atoms with E-state index in [2.05, 4.69) is 28.3 Å². The van der Waals surface area contributed by atoms with Crippen LogP contribution in [-0.2, 0) is 6.42 Å². The lowest BCUT2D eigenvalue weighted by atomic mass is 10.1. The van der Waals surface area contributed by atoms with Gasteiger partial charge in [-0.3, -0.25) is 0 Å². The predicted octanol–water partition coefficient (Wildman–Crippen LogP) is 2.38. The van der Waals surface area contributed by atoms with E-state index in [1.165, 1.54) is 11.3 Å². The number of piperidine rings is 1. The Hall–Kier alpha value is -1.20. The van der Waals surface area contributed by atoms with E-state index in [1.807, 2.05) is 0 Å². The molecule has 18 heavy (non-hydrogen) atoms. The van der Waals surface area contributed by atoms with E-state index in [1.54, 1.807) is 17.7 Å². The standard InChI is InChI=1S/C13H17N3OS/c1-2-10-6-11-12(15-8-16-13(11)18-10)17-9-4-3-5-14-7-9/h6,8-9,14H,2-5,7H2,1H3. The van der Waals surface area contributed by atoms with Crippen molar-refractivity contribution < 1.29 is 4.74 Å². The van der Waals surface area contributed by atoms with Gasteiger partial charge in [0, 0.05) is 11.4 Å². The molecule has 0 bridgehead atoms. The first-order chi connectivity index (χ1) is 8.86. The van der Waals surface area contributed by atoms with Crippen molar-refractivity contribution in [3.05, 3.63) is 17.3 Å². The number of hydrogen-bond donors (Lipinski definition) is 1. The summed E-state index contributed by atoms with van der Waals surface area (Å²) in [5, 5.41) is 4.41. The van der Waals surface area contributed by atoms with Crippen LogP contribution in [0.15, 0.2) is 12.4 Å². The summed E-state index contributed by atoms with van der Waals surface area (Å²) in [6, 6.07) is 2.16. The SMILES string of the molecule is CCc1cc2c(OC3CCCNC3)ncnc2s1. The molecule has 1 atom stereocenters. The molecule has 5 heteroatoms. The summed E-state index contributed by atoms with van der Waals surface area (Å²) in [5.41, 5.74) is 0. The first kappa shape index (κ1) is 11.9. The molecule has 1 N–H and O–H groups in total. The van der Waals surface area contributed by atoms with Gasteiger partial charge < -0.3 is 10.1 Å². The van der Waals surface area contributed by atoms with Gasteiger partial charge in [0.2, 0.25) is 5.88 Å². The van der Waals surface area contributed by atoms with Gasteiger partial charge in [-0.1, -0.05) is 6.92 Å². The van der Waals surface area contributed by atoms with E-state index in [-0.39, 0.29) is 6.10 Å². The molecule has 1 aliphatic rings. The van der Waals surface area contributed by atoms with E-state index in [9.17, 15) is 0 Å². The number of hydrogen-bond acceptors (Lipinski definition) is 5. The predicted molar refractivity (Wildman–Crippen MR) is 73.3 cm³/mol. The molecule has 0 aromatic carbocycles. The number of fused-ring (bicyclic) bond motifs is 1. The second-order valence-electron chi connectivity index (χ2n) is 4.55. The van der Waals surface area contributed by atoms with Gasteiger partial charge in [-0.25, -0.2) is 9.97 Å². The molecule has 1 saturated heterocycles. The molecule has 3 rings (SSSR count). The van der Waals surface area contributed by atoms with Crippen molar-refractivity contribution in [2.75, 3.05) is 13.1 Å². The lowest BCUT2D eigenvalue weighted by Crippen LogP contribution is -2.37. The second-order valence-corrected chi connectivity index (χ2v) is 5.67. The molecular weight excluding hydrogens is 246 g/mol. The summed E-state index contributed by atoms with van der Waals surface area (Å²) in [6.07, 6.45) is 5.14. The van der Waals surface area contributed by atoms with Crippen LogP contribution in [0.2, 0.25) is 0 Å². The van der Waals surface area contributed by atoms with Gasteiger partial charge in [0.1, 0.15) is 17.3 Å². The zero-order valence-electron chi connectivity index (χ0n) is 10.5. The Morgan fingerprint density at radius 2 is 2.44 bits per heavy atom. The first-order valence-electron chi connectivity index (χ1n) is 6.47. The van der Waals surface area contributed by atoms with Crippen LogP contribution >= 0.6 is 11.3 Å². The second kappa shape index (κ2) is 5.20. The fourth-order valence-corrected chi connectivity index (χ4v) is 3.16. The maximum absolute atomic E-state index is 6.02. The fourth-order valence-electron chi connectivity index (χ4n) is 2.23. The van der Waals surface area contributed by atoms with Crippen LogP contribution in [0, 0.1) is 0 Å². The van der Waals surface area contributed by atoms with Crippen molar-refractivity contribution >= 4 is 21.6 Å². The quantitative estimate of drug-likeness (QED) is 0.923. The maximum atomic E-state index is 6.02. The van der Waals surface area contributed by atoms with Gasteiger partial charge >= 0.3 is 0 Å². The normalized spacial score (nSPS) is 20.2. The highest BCUT2D eigenvalue weighted by atomic mass is 32.1. The van der Waals surface area contributed by atoms with Gasteiger partial charge in [0.05, 0.1) is 5.39 Å². The Balaban J connectivity index is 1.88. The molecule has 0 radical (unpaired) electrons. The Kier molecular flexibility index (Phi) is 3.43. The molecule has 1 unspecified atom stereocenters. The van der Waals surface area contributed by atoms with Crippen molar-refractivity contribution in [1.29, 1.82) is 0 Å². The van der Waals surface area contributed by atoms with Crippen LogP contribution in [0.1, 0.15) is 24.6 Å². The highest BCUT2D eigenvalue weighted by Gasteiger charge is 2.17. The zero-order chi connectivity index (χ0) is 12.4. The van der Waals surface area contributed by atoms with E-state index < -0.39 is 0 Å². The van der Waals surface area contributed by atoms with Crippen LogP contribution < -0.4 is 10.1 Å². The number of aryl methyl sites for hydroxylation is 1. The van der Waals surface area contributed by atoms with Crippen LogP contribution in [0.5, 0.6) is 5.88 Å². The van der Waals surface area contributed by atoms with E-state index in [4.69, 9.17) is 4.74 Å². The summed E-state index contributed by atoms with van der Waals surface area (Å²) in [7, 11) is 0. The van der Waals surface area contributed by atoms with Gasteiger partial charge in [-0.2, -0.15) is 0 Å². The van der Waals surface area contributed by atoms with Crippen molar-refractivity contribution in [2.45, 2.75) is 32.3 Å². The van der Waals surface area contributed by atoms with Crippen molar-refractivity contribution in [3.8, 4) is 5.88 Å². The number of nitrogens with one attached hydrogen (secondary N) is 1. The molecule has 1 fully saturated rings. The Morgan fingerprint density at radius 3 is 3.22 bits per heavy atom. The van der Waals surface area contributed by atoms with Gasteiger partial charge in [0.25, 0.3) is 0 Å². The van der Waals surface area contributed by atoms with Gasteiger partial charge in [-0.05, 0) is 31.9 Å². The monoisotopic (exact) mass is 263 g/mol. The van der Waals surface area contributed by atoms with Crippen LogP contribution in [-0.4, -0.2) is 29.2 Å². The van der Waals surface area contributed by atoms with Crippen LogP contribution in [0.3, 0.4) is 0 Å². The molecule has 0 amide bonds.